The lowest BCUT2D eigenvalue weighted by atomic mass is 9.83. The Bertz CT molecular complexity index is 2180. The van der Waals surface area contributed by atoms with Gasteiger partial charge in [-0.1, -0.05) is 41.5 Å². The highest BCUT2D eigenvalue weighted by molar-refractivity contribution is 14.1. The minimum atomic E-state index is -4.60. The van der Waals surface area contributed by atoms with Gasteiger partial charge >= 0.3 is 6.97 Å². The molecule has 256 valence electrons. The van der Waals surface area contributed by atoms with E-state index in [4.69, 9.17) is 0 Å². The number of thiophene rings is 2. The van der Waals surface area contributed by atoms with E-state index in [1.807, 2.05) is 69.4 Å². The summed E-state index contributed by atoms with van der Waals surface area (Å²) in [7, 11) is 0. The largest absolute Gasteiger partial charge is 0.737 e. The van der Waals surface area contributed by atoms with Gasteiger partial charge in [-0.05, 0) is 118 Å². The molecular formula is C37H34BF5I2N2S2. The van der Waals surface area contributed by atoms with Crippen molar-refractivity contribution >= 4 is 104 Å². The summed E-state index contributed by atoms with van der Waals surface area (Å²) in [6.45, 7) is 11.4. The first kappa shape index (κ1) is 36.5. The Morgan fingerprint density at radius 3 is 1.78 bits per heavy atom. The van der Waals surface area contributed by atoms with Crippen LogP contribution in [0.3, 0.4) is 0 Å². The Morgan fingerprint density at radius 1 is 0.776 bits per heavy atom. The summed E-state index contributed by atoms with van der Waals surface area (Å²) in [5.74, 6) is -3.41. The zero-order valence-corrected chi connectivity index (χ0v) is 34.2. The van der Waals surface area contributed by atoms with Gasteiger partial charge in [-0.25, -0.2) is 13.2 Å². The van der Waals surface area contributed by atoms with Gasteiger partial charge in [-0.2, -0.15) is 0 Å². The van der Waals surface area contributed by atoms with Crippen molar-refractivity contribution in [1.82, 2.24) is 4.48 Å². The number of aromatic nitrogens is 1. The fraction of sp³-hybridized carbons (Fsp3) is 0.270. The van der Waals surface area contributed by atoms with Gasteiger partial charge in [0.15, 0.2) is 11.4 Å². The maximum Gasteiger partial charge on any atom is 0.737 e. The molecule has 0 amide bonds. The van der Waals surface area contributed by atoms with Crippen molar-refractivity contribution in [1.29, 1.82) is 0 Å². The van der Waals surface area contributed by atoms with E-state index in [-0.39, 0.29) is 39.2 Å². The monoisotopic (exact) mass is 930 g/mol. The number of allylic oxidation sites excluding steroid dienone is 3. The van der Waals surface area contributed by atoms with Crippen molar-refractivity contribution in [3.05, 3.63) is 120 Å². The number of hydrogen-bond acceptors (Lipinski definition) is 2. The van der Waals surface area contributed by atoms with E-state index in [1.54, 1.807) is 60.8 Å². The third-order valence-electron chi connectivity index (χ3n) is 8.71. The van der Waals surface area contributed by atoms with Crippen LogP contribution in [0.4, 0.5) is 21.8 Å². The Kier molecular flexibility index (Phi) is 9.48. The van der Waals surface area contributed by atoms with Gasteiger partial charge < -0.3 is 17.6 Å². The van der Waals surface area contributed by atoms with Gasteiger partial charge in [0.2, 0.25) is 0 Å². The standard InChI is InChI=1S/C37H34BF5I2N2S2/c1-19-32(44)26(13-9-22-11-15-28(48-22)36(3,4)5)46-34(19)31(30-24(40)17-21(39)18-25(30)41)35-20(2)33(45)27(47(35)38(46,42)43)14-10-23-12-16-29(49-23)37(6,7)8/h9-18H,1-8H3/b13-9+,14-10+. The van der Waals surface area contributed by atoms with E-state index in [1.165, 1.54) is 0 Å². The number of fused-ring (bicyclic) bond motifs is 2. The van der Waals surface area contributed by atoms with Gasteiger partial charge in [0.25, 0.3) is 0 Å². The molecule has 0 bridgehead atoms. The Balaban J connectivity index is 1.65. The molecule has 0 spiro atoms. The van der Waals surface area contributed by atoms with E-state index in [2.05, 4.69) is 41.5 Å². The smallest absolute Gasteiger partial charge is 0.389 e. The minimum Gasteiger partial charge on any atom is -0.389 e. The molecular weight excluding hydrogens is 896 g/mol. The van der Waals surface area contributed by atoms with Crippen LogP contribution in [0.5, 0.6) is 0 Å². The predicted molar refractivity (Wildman–Crippen MR) is 214 cm³/mol. The van der Waals surface area contributed by atoms with Crippen molar-refractivity contribution < 1.29 is 26.3 Å². The maximum atomic E-state index is 17.5. The molecule has 12 heteroatoms. The number of halogens is 7. The molecule has 1 aromatic carbocycles. The van der Waals surface area contributed by atoms with Crippen LogP contribution < -0.4 is 0 Å². The zero-order chi connectivity index (χ0) is 36.0. The van der Waals surface area contributed by atoms with Crippen LogP contribution in [0.25, 0.3) is 23.8 Å². The van der Waals surface area contributed by atoms with Crippen LogP contribution in [-0.2, 0) is 10.8 Å². The molecule has 0 saturated carbocycles. The molecule has 0 atom stereocenters. The molecule has 0 fully saturated rings. The summed E-state index contributed by atoms with van der Waals surface area (Å²) in [4.78, 5) is 4.09. The zero-order valence-electron chi connectivity index (χ0n) is 28.2. The highest BCUT2D eigenvalue weighted by atomic mass is 127. The van der Waals surface area contributed by atoms with Gasteiger partial charge in [-0.15, -0.1) is 22.7 Å². The van der Waals surface area contributed by atoms with E-state index >= 15 is 17.4 Å². The number of rotatable bonds is 5. The molecule has 0 unspecified atom stereocenters. The van der Waals surface area contributed by atoms with Gasteiger partial charge in [-0.3, -0.25) is 0 Å². The molecule has 0 radical (unpaired) electrons. The fourth-order valence-corrected chi connectivity index (χ4v) is 9.56. The third kappa shape index (κ3) is 6.30. The average molecular weight is 930 g/mol. The van der Waals surface area contributed by atoms with Crippen LogP contribution in [0.2, 0.25) is 0 Å². The topological polar surface area (TPSA) is 7.94 Å². The minimum absolute atomic E-state index is 0.00752. The third-order valence-corrected chi connectivity index (χ3v) is 14.4. The Morgan fingerprint density at radius 2 is 1.29 bits per heavy atom. The number of nitrogens with zero attached hydrogens (tertiary/aromatic N) is 2. The molecule has 2 nitrogen and oxygen atoms in total. The second kappa shape index (κ2) is 12.7. The summed E-state index contributed by atoms with van der Waals surface area (Å²) in [6, 6.07) is 9.18. The van der Waals surface area contributed by atoms with Gasteiger partial charge in [0, 0.05) is 58.2 Å². The van der Waals surface area contributed by atoms with Crippen LogP contribution in [0, 0.1) is 27.9 Å². The van der Waals surface area contributed by atoms with Crippen molar-refractivity contribution in [2.24, 2.45) is 0 Å². The summed E-state index contributed by atoms with van der Waals surface area (Å²) in [5, 5.41) is 0. The number of benzene rings is 1. The van der Waals surface area contributed by atoms with Crippen molar-refractivity contribution in [3.8, 4) is 0 Å². The Labute approximate surface area is 319 Å². The highest BCUT2D eigenvalue weighted by Crippen LogP contribution is 2.49. The average Bonchev–Trinajstić information content (AvgIpc) is 3.76. The molecule has 4 aromatic rings. The highest BCUT2D eigenvalue weighted by Gasteiger charge is 2.58. The normalized spacial score (nSPS) is 16.6. The second-order valence-electron chi connectivity index (χ2n) is 14.4. The van der Waals surface area contributed by atoms with Crippen LogP contribution in [0.15, 0.2) is 57.3 Å². The van der Waals surface area contributed by atoms with E-state index < -0.39 is 30.0 Å². The van der Waals surface area contributed by atoms with Crippen LogP contribution >= 0.6 is 67.9 Å². The molecule has 2 aliphatic heterocycles. The van der Waals surface area contributed by atoms with Crippen LogP contribution in [0.1, 0.15) is 90.5 Å². The molecule has 3 aromatic heterocycles. The summed E-state index contributed by atoms with van der Waals surface area (Å²) < 4.78 is 83.6. The molecule has 0 N–H and O–H groups in total. The molecule has 6 rings (SSSR count). The van der Waals surface area contributed by atoms with Crippen LogP contribution in [-0.4, -0.2) is 21.6 Å². The van der Waals surface area contributed by atoms with E-state index in [9.17, 15) is 4.39 Å². The first-order chi connectivity index (χ1) is 22.7. The van der Waals surface area contributed by atoms with Crippen molar-refractivity contribution in [3.63, 3.8) is 0 Å². The number of hydrogen-bond donors (Lipinski definition) is 0. The quantitative estimate of drug-likeness (QED) is 0.107. The van der Waals surface area contributed by atoms with E-state index in [0.717, 1.165) is 28.5 Å². The lowest BCUT2D eigenvalue weighted by Crippen LogP contribution is -2.51. The molecule has 49 heavy (non-hydrogen) atoms. The lowest BCUT2D eigenvalue weighted by Gasteiger charge is -2.34. The summed E-state index contributed by atoms with van der Waals surface area (Å²) >= 11 is 7.23. The summed E-state index contributed by atoms with van der Waals surface area (Å²) in [5.41, 5.74) is 0.643. The SMILES string of the molecule is CC1=C(I)C(/C=C/c2ccc(C(C)(C)C)s2)=[N+]2C1=C(c1c(F)cc(F)cc1F)c1c(C)c(I)c(/C=C/c3ccc(C(C)(C)C)s3)n1[B-]2(F)F. The second-order valence-corrected chi connectivity index (χ2v) is 18.8. The van der Waals surface area contributed by atoms with E-state index in [0.29, 0.717) is 30.4 Å². The first-order valence-electron chi connectivity index (χ1n) is 15.7. The Hall–Kier alpha value is -2.30. The maximum absolute atomic E-state index is 17.5. The molecule has 0 saturated heterocycles. The lowest BCUT2D eigenvalue weighted by molar-refractivity contribution is -0.362. The molecule has 0 aliphatic carbocycles. The van der Waals surface area contributed by atoms with Gasteiger partial charge in [0.05, 0.1) is 14.7 Å². The molecule has 2 aliphatic rings. The van der Waals surface area contributed by atoms with Crippen molar-refractivity contribution in [2.75, 3.05) is 0 Å². The molecule has 5 heterocycles. The fourth-order valence-electron chi connectivity index (χ4n) is 6.23. The predicted octanol–water partition coefficient (Wildman–Crippen LogP) is 12.6. The van der Waals surface area contributed by atoms with Gasteiger partial charge in [0.1, 0.15) is 17.5 Å². The summed E-state index contributed by atoms with van der Waals surface area (Å²) in [6.07, 6.45) is 6.92. The van der Waals surface area contributed by atoms with Crippen molar-refractivity contribution in [2.45, 2.75) is 66.2 Å². The first-order valence-corrected chi connectivity index (χ1v) is 19.4.